The Morgan fingerprint density at radius 2 is 1.33 bits per heavy atom. The fraction of sp³-hybridized carbons (Fsp3) is 0.593. The zero-order chi connectivity index (χ0) is 22.3. The molecule has 0 aliphatic carbocycles. The molecule has 170 valence electrons. The van der Waals surface area contributed by atoms with Crippen molar-refractivity contribution >= 4 is 5.91 Å². The van der Waals surface area contributed by atoms with E-state index in [-0.39, 0.29) is 5.91 Å². The highest BCUT2D eigenvalue weighted by Gasteiger charge is 2.19. The Kier molecular flexibility index (Phi) is 19.1. The number of nitrogens with one attached hydrogen (secondary N) is 1. The molecular formula is C27H45NO2. The molecule has 3 heteroatoms. The van der Waals surface area contributed by atoms with Gasteiger partial charge in [0.25, 0.3) is 0 Å². The van der Waals surface area contributed by atoms with Gasteiger partial charge in [0.15, 0.2) is 0 Å². The lowest BCUT2D eigenvalue weighted by Crippen LogP contribution is -2.40. The summed E-state index contributed by atoms with van der Waals surface area (Å²) in [5.41, 5.74) is -0.828. The number of hydrogen-bond acceptors (Lipinski definition) is 2. The van der Waals surface area contributed by atoms with E-state index in [1.165, 1.54) is 32.1 Å². The molecule has 0 aromatic carbocycles. The molecule has 1 amide bonds. The minimum absolute atomic E-state index is 0.138. The van der Waals surface area contributed by atoms with Crippen molar-refractivity contribution in [1.82, 2.24) is 5.32 Å². The molecule has 2 N–H and O–H groups in total. The van der Waals surface area contributed by atoms with Crippen LogP contribution in [0.2, 0.25) is 0 Å². The second-order valence-corrected chi connectivity index (χ2v) is 8.13. The first-order valence-electron chi connectivity index (χ1n) is 11.8. The number of carbonyl (C=O) groups is 1. The largest absolute Gasteiger partial charge is 0.388 e. The van der Waals surface area contributed by atoms with E-state index in [2.05, 4.69) is 43.5 Å². The lowest BCUT2D eigenvalue weighted by molar-refractivity contribution is -0.117. The summed E-state index contributed by atoms with van der Waals surface area (Å²) >= 11 is 0. The van der Waals surface area contributed by atoms with E-state index in [4.69, 9.17) is 0 Å². The SMILES string of the molecule is CCCCCC=CC=CC=CC=CCCC=CC(=O)NCC(C)(O)CCCCCC. The van der Waals surface area contributed by atoms with E-state index < -0.39 is 5.60 Å². The van der Waals surface area contributed by atoms with E-state index in [1.807, 2.05) is 30.4 Å². The second kappa shape index (κ2) is 20.4. The van der Waals surface area contributed by atoms with Crippen molar-refractivity contribution in [3.05, 3.63) is 60.8 Å². The Morgan fingerprint density at radius 1 is 0.767 bits per heavy atom. The summed E-state index contributed by atoms with van der Waals surface area (Å²) < 4.78 is 0. The van der Waals surface area contributed by atoms with E-state index in [0.717, 1.165) is 38.5 Å². The monoisotopic (exact) mass is 415 g/mol. The van der Waals surface area contributed by atoms with Crippen LogP contribution in [0.1, 0.15) is 91.4 Å². The number of carbonyl (C=O) groups excluding carboxylic acids is 1. The predicted molar refractivity (Wildman–Crippen MR) is 131 cm³/mol. The summed E-state index contributed by atoms with van der Waals surface area (Å²) in [6.45, 7) is 6.48. The maximum Gasteiger partial charge on any atom is 0.243 e. The van der Waals surface area contributed by atoms with Gasteiger partial charge < -0.3 is 10.4 Å². The molecule has 0 rings (SSSR count). The zero-order valence-electron chi connectivity index (χ0n) is 19.6. The van der Waals surface area contributed by atoms with Crippen LogP contribution >= 0.6 is 0 Å². The minimum Gasteiger partial charge on any atom is -0.388 e. The number of amides is 1. The topological polar surface area (TPSA) is 49.3 Å². The molecule has 0 heterocycles. The maximum absolute atomic E-state index is 11.8. The van der Waals surface area contributed by atoms with Gasteiger partial charge in [0.2, 0.25) is 5.91 Å². The van der Waals surface area contributed by atoms with Gasteiger partial charge in [-0.2, -0.15) is 0 Å². The highest BCUT2D eigenvalue weighted by molar-refractivity contribution is 5.87. The van der Waals surface area contributed by atoms with E-state index in [1.54, 1.807) is 13.0 Å². The third-order valence-corrected chi connectivity index (χ3v) is 4.78. The zero-order valence-corrected chi connectivity index (χ0v) is 19.6. The van der Waals surface area contributed by atoms with Gasteiger partial charge in [-0.3, -0.25) is 4.79 Å². The van der Waals surface area contributed by atoms with Crippen molar-refractivity contribution in [2.75, 3.05) is 6.54 Å². The van der Waals surface area contributed by atoms with Crippen LogP contribution in [0.25, 0.3) is 0 Å². The lowest BCUT2D eigenvalue weighted by atomic mass is 9.98. The fourth-order valence-corrected chi connectivity index (χ4v) is 2.86. The molecule has 0 aliphatic rings. The van der Waals surface area contributed by atoms with Gasteiger partial charge in [-0.1, -0.05) is 107 Å². The molecule has 0 bridgehead atoms. The van der Waals surface area contributed by atoms with Crippen molar-refractivity contribution < 1.29 is 9.90 Å². The third-order valence-electron chi connectivity index (χ3n) is 4.78. The summed E-state index contributed by atoms with van der Waals surface area (Å²) in [7, 11) is 0. The summed E-state index contributed by atoms with van der Waals surface area (Å²) in [6, 6.07) is 0. The Balaban J connectivity index is 3.82. The van der Waals surface area contributed by atoms with Gasteiger partial charge >= 0.3 is 0 Å². The number of aliphatic hydroxyl groups is 1. The molecule has 0 saturated carbocycles. The lowest BCUT2D eigenvalue weighted by Gasteiger charge is -2.23. The second-order valence-electron chi connectivity index (χ2n) is 8.13. The summed E-state index contributed by atoms with van der Waals surface area (Å²) in [4.78, 5) is 11.8. The molecule has 0 fully saturated rings. The van der Waals surface area contributed by atoms with Crippen molar-refractivity contribution in [2.24, 2.45) is 0 Å². The van der Waals surface area contributed by atoms with Crippen LogP contribution in [0.5, 0.6) is 0 Å². The number of hydrogen-bond donors (Lipinski definition) is 2. The smallest absolute Gasteiger partial charge is 0.243 e. The van der Waals surface area contributed by atoms with Crippen LogP contribution in [0.3, 0.4) is 0 Å². The molecular weight excluding hydrogens is 370 g/mol. The fourth-order valence-electron chi connectivity index (χ4n) is 2.86. The van der Waals surface area contributed by atoms with E-state index in [0.29, 0.717) is 6.54 Å². The quantitative estimate of drug-likeness (QED) is 0.144. The minimum atomic E-state index is -0.828. The van der Waals surface area contributed by atoms with Crippen molar-refractivity contribution in [3.63, 3.8) is 0 Å². The summed E-state index contributed by atoms with van der Waals surface area (Å²) in [6.07, 6.45) is 32.0. The normalized spacial score (nSPS) is 14.7. The van der Waals surface area contributed by atoms with Crippen LogP contribution in [0.15, 0.2) is 60.8 Å². The van der Waals surface area contributed by atoms with E-state index in [9.17, 15) is 9.90 Å². The molecule has 1 unspecified atom stereocenters. The third kappa shape index (κ3) is 20.9. The first kappa shape index (κ1) is 28.1. The Hall–Kier alpha value is -1.87. The highest BCUT2D eigenvalue weighted by Crippen LogP contribution is 2.14. The first-order valence-corrected chi connectivity index (χ1v) is 11.8. The maximum atomic E-state index is 11.8. The molecule has 1 atom stereocenters. The van der Waals surface area contributed by atoms with Crippen LogP contribution in [0, 0.1) is 0 Å². The predicted octanol–water partition coefficient (Wildman–Crippen LogP) is 6.97. The van der Waals surface area contributed by atoms with E-state index >= 15 is 0 Å². The van der Waals surface area contributed by atoms with Crippen molar-refractivity contribution in [3.8, 4) is 0 Å². The Labute approximate surface area is 185 Å². The molecule has 0 radical (unpaired) electrons. The number of rotatable bonds is 18. The molecule has 30 heavy (non-hydrogen) atoms. The highest BCUT2D eigenvalue weighted by atomic mass is 16.3. The standard InChI is InChI=1S/C27H45NO2/c1-4-6-8-10-11-12-13-14-15-16-17-18-19-20-21-23-26(29)28-25-27(3,30)24-22-9-7-5-2/h11-18,21,23,30H,4-10,19-20,22,24-25H2,1-3H3,(H,28,29). The molecule has 0 spiro atoms. The Bertz CT molecular complexity index is 553. The van der Waals surface area contributed by atoms with Crippen LogP contribution in [-0.2, 0) is 4.79 Å². The molecule has 0 saturated heterocycles. The average Bonchev–Trinajstić information content (AvgIpc) is 2.72. The van der Waals surface area contributed by atoms with Crippen LogP contribution in [-0.4, -0.2) is 23.2 Å². The molecule has 3 nitrogen and oxygen atoms in total. The molecule has 0 aliphatic heterocycles. The number of allylic oxidation sites excluding steroid dienone is 9. The van der Waals surface area contributed by atoms with Gasteiger partial charge in [0, 0.05) is 6.54 Å². The van der Waals surface area contributed by atoms with Gasteiger partial charge in [-0.25, -0.2) is 0 Å². The van der Waals surface area contributed by atoms with Crippen molar-refractivity contribution in [1.29, 1.82) is 0 Å². The molecule has 0 aromatic rings. The van der Waals surface area contributed by atoms with Crippen molar-refractivity contribution in [2.45, 2.75) is 97.0 Å². The Morgan fingerprint density at radius 3 is 2.00 bits per heavy atom. The average molecular weight is 416 g/mol. The number of unbranched alkanes of at least 4 members (excludes halogenated alkanes) is 7. The van der Waals surface area contributed by atoms with Crippen LogP contribution < -0.4 is 5.32 Å². The first-order chi connectivity index (χ1) is 14.5. The summed E-state index contributed by atoms with van der Waals surface area (Å²) in [5, 5.41) is 13.1. The summed E-state index contributed by atoms with van der Waals surface area (Å²) in [5.74, 6) is -0.138. The van der Waals surface area contributed by atoms with Gasteiger partial charge in [-0.05, 0) is 45.1 Å². The van der Waals surface area contributed by atoms with Gasteiger partial charge in [-0.15, -0.1) is 0 Å². The van der Waals surface area contributed by atoms with Gasteiger partial charge in [0.05, 0.1) is 5.60 Å². The van der Waals surface area contributed by atoms with Gasteiger partial charge in [0.1, 0.15) is 0 Å². The molecule has 0 aromatic heterocycles. The van der Waals surface area contributed by atoms with Crippen LogP contribution in [0.4, 0.5) is 0 Å².